The zero-order valence-electron chi connectivity index (χ0n) is 18.5. The summed E-state index contributed by atoms with van der Waals surface area (Å²) >= 11 is 8.02. The number of urea groups is 1. The standard InChI is InChI=1S/C27H24ClN3OS/c1-18-22(28)8-5-9-23(18)29-27(32)31-17-20-7-3-4-10-24(20)30-16-6-11-25(30)26(31)19-12-14-21(33-2)15-13-19/h3-16,26H,17H2,1-2H3,(H,29,32)/t26-/m1/s1. The molecule has 5 rings (SSSR count). The van der Waals surface area contributed by atoms with Crippen molar-refractivity contribution in [3.8, 4) is 5.69 Å². The van der Waals surface area contributed by atoms with Crippen molar-refractivity contribution in [3.63, 3.8) is 0 Å². The fraction of sp³-hybridized carbons (Fsp3) is 0.148. The summed E-state index contributed by atoms with van der Waals surface area (Å²) in [6.45, 7) is 2.40. The Morgan fingerprint density at radius 1 is 1.00 bits per heavy atom. The predicted molar refractivity (Wildman–Crippen MR) is 137 cm³/mol. The van der Waals surface area contributed by atoms with Crippen LogP contribution in [0.2, 0.25) is 5.02 Å². The fourth-order valence-electron chi connectivity index (χ4n) is 4.41. The van der Waals surface area contributed by atoms with Crippen molar-refractivity contribution >= 4 is 35.1 Å². The summed E-state index contributed by atoms with van der Waals surface area (Å²) in [4.78, 5) is 16.9. The van der Waals surface area contributed by atoms with Crippen LogP contribution in [0.5, 0.6) is 0 Å². The van der Waals surface area contributed by atoms with Gasteiger partial charge in [-0.05, 0) is 72.3 Å². The predicted octanol–water partition coefficient (Wildman–Crippen LogP) is 7.30. The Balaban J connectivity index is 1.63. The lowest BCUT2D eigenvalue weighted by atomic mass is 10.0. The van der Waals surface area contributed by atoms with E-state index in [1.54, 1.807) is 11.8 Å². The normalized spacial score (nSPS) is 14.9. The van der Waals surface area contributed by atoms with Crippen LogP contribution in [-0.4, -0.2) is 21.8 Å². The molecule has 0 bridgehead atoms. The molecular formula is C27H24ClN3OS. The molecule has 0 unspecified atom stereocenters. The van der Waals surface area contributed by atoms with E-state index in [2.05, 4.69) is 64.8 Å². The van der Waals surface area contributed by atoms with Gasteiger partial charge in [-0.25, -0.2) is 4.79 Å². The van der Waals surface area contributed by atoms with Gasteiger partial charge in [-0.3, -0.25) is 0 Å². The lowest BCUT2D eigenvalue weighted by Crippen LogP contribution is -2.38. The molecule has 1 aliphatic heterocycles. The van der Waals surface area contributed by atoms with E-state index in [-0.39, 0.29) is 12.1 Å². The number of benzene rings is 3. The van der Waals surface area contributed by atoms with E-state index in [0.717, 1.165) is 33.8 Å². The maximum atomic E-state index is 13.8. The smallest absolute Gasteiger partial charge is 0.318 e. The minimum absolute atomic E-state index is 0.163. The molecule has 0 radical (unpaired) electrons. The van der Waals surface area contributed by atoms with Crippen molar-refractivity contribution in [2.24, 2.45) is 0 Å². The molecule has 166 valence electrons. The van der Waals surface area contributed by atoms with Gasteiger partial charge in [0.1, 0.15) is 0 Å². The van der Waals surface area contributed by atoms with Gasteiger partial charge in [0.05, 0.1) is 18.3 Å². The Hall–Kier alpha value is -3.15. The highest BCUT2D eigenvalue weighted by atomic mass is 35.5. The number of hydrogen-bond acceptors (Lipinski definition) is 2. The van der Waals surface area contributed by atoms with Gasteiger partial charge < -0.3 is 14.8 Å². The number of nitrogens with one attached hydrogen (secondary N) is 1. The molecule has 3 aromatic carbocycles. The molecule has 0 spiro atoms. The molecule has 4 nitrogen and oxygen atoms in total. The van der Waals surface area contributed by atoms with Crippen LogP contribution in [0.4, 0.5) is 10.5 Å². The number of halogens is 1. The number of amides is 2. The van der Waals surface area contributed by atoms with Crippen LogP contribution in [0.3, 0.4) is 0 Å². The van der Waals surface area contributed by atoms with Crippen molar-refractivity contribution in [2.45, 2.75) is 24.4 Å². The first kappa shape index (κ1) is 21.7. The Kier molecular flexibility index (Phi) is 5.92. The van der Waals surface area contributed by atoms with Crippen molar-refractivity contribution in [2.75, 3.05) is 11.6 Å². The first-order chi connectivity index (χ1) is 16.1. The van der Waals surface area contributed by atoms with Crippen LogP contribution in [0, 0.1) is 6.92 Å². The van der Waals surface area contributed by atoms with Crippen molar-refractivity contribution in [1.29, 1.82) is 0 Å². The summed E-state index contributed by atoms with van der Waals surface area (Å²) in [7, 11) is 0. The highest BCUT2D eigenvalue weighted by molar-refractivity contribution is 7.98. The van der Waals surface area contributed by atoms with E-state index < -0.39 is 0 Å². The number of aromatic nitrogens is 1. The average molecular weight is 474 g/mol. The van der Waals surface area contributed by atoms with Crippen LogP contribution < -0.4 is 5.32 Å². The molecule has 6 heteroatoms. The van der Waals surface area contributed by atoms with Crippen LogP contribution in [0.15, 0.2) is 90.0 Å². The van der Waals surface area contributed by atoms with Crippen LogP contribution >= 0.6 is 23.4 Å². The van der Waals surface area contributed by atoms with Gasteiger partial charge in [0, 0.05) is 27.5 Å². The van der Waals surface area contributed by atoms with E-state index in [9.17, 15) is 4.79 Å². The fourth-order valence-corrected chi connectivity index (χ4v) is 4.99. The first-order valence-corrected chi connectivity index (χ1v) is 12.4. The Morgan fingerprint density at radius 3 is 2.58 bits per heavy atom. The molecule has 2 heterocycles. The quantitative estimate of drug-likeness (QED) is 0.317. The number of rotatable bonds is 3. The SMILES string of the molecule is CSc1ccc([C@@H]2c3cccn3-c3ccccc3CN2C(=O)Nc2cccc(Cl)c2C)cc1. The molecule has 1 aliphatic rings. The second-order valence-corrected chi connectivity index (χ2v) is 9.36. The van der Waals surface area contributed by atoms with E-state index in [0.29, 0.717) is 11.6 Å². The molecule has 0 saturated heterocycles. The molecular weight excluding hydrogens is 450 g/mol. The molecule has 1 atom stereocenters. The van der Waals surface area contributed by atoms with Gasteiger partial charge in [-0.1, -0.05) is 48.0 Å². The highest BCUT2D eigenvalue weighted by Gasteiger charge is 2.33. The lowest BCUT2D eigenvalue weighted by molar-refractivity contribution is 0.194. The molecule has 0 fully saturated rings. The zero-order chi connectivity index (χ0) is 22.9. The molecule has 0 saturated carbocycles. The monoisotopic (exact) mass is 473 g/mol. The zero-order valence-corrected chi connectivity index (χ0v) is 20.0. The number of anilines is 1. The minimum Gasteiger partial charge on any atom is -0.318 e. The molecule has 2 amide bonds. The van der Waals surface area contributed by atoms with Gasteiger partial charge in [0.25, 0.3) is 0 Å². The van der Waals surface area contributed by atoms with Gasteiger partial charge >= 0.3 is 6.03 Å². The first-order valence-electron chi connectivity index (χ1n) is 10.8. The summed E-state index contributed by atoms with van der Waals surface area (Å²) in [6, 6.07) is 26.0. The second kappa shape index (κ2) is 9.00. The Bertz CT molecular complexity index is 1320. The van der Waals surface area contributed by atoms with E-state index >= 15 is 0 Å². The van der Waals surface area contributed by atoms with Crippen LogP contribution in [0.1, 0.15) is 28.4 Å². The van der Waals surface area contributed by atoms with Crippen molar-refractivity contribution in [1.82, 2.24) is 9.47 Å². The average Bonchev–Trinajstić information content (AvgIpc) is 3.26. The number of nitrogens with zero attached hydrogens (tertiary/aromatic N) is 2. The topological polar surface area (TPSA) is 37.3 Å². The third-order valence-corrected chi connectivity index (χ3v) is 7.32. The largest absolute Gasteiger partial charge is 0.322 e. The maximum absolute atomic E-state index is 13.8. The summed E-state index contributed by atoms with van der Waals surface area (Å²) in [5.41, 5.74) is 5.88. The molecule has 1 aromatic heterocycles. The Labute approximate surface area is 203 Å². The highest BCUT2D eigenvalue weighted by Crippen LogP contribution is 2.37. The Morgan fingerprint density at radius 2 is 1.79 bits per heavy atom. The molecule has 0 aliphatic carbocycles. The molecule has 4 aromatic rings. The number of carbonyl (C=O) groups excluding carboxylic acids is 1. The number of hydrogen-bond donors (Lipinski definition) is 1. The van der Waals surface area contributed by atoms with Gasteiger partial charge in [0.15, 0.2) is 0 Å². The minimum atomic E-state index is -0.247. The van der Waals surface area contributed by atoms with E-state index in [1.807, 2.05) is 48.2 Å². The summed E-state index contributed by atoms with van der Waals surface area (Å²) in [5, 5.41) is 3.75. The molecule has 33 heavy (non-hydrogen) atoms. The number of para-hydroxylation sites is 1. The van der Waals surface area contributed by atoms with Crippen molar-refractivity contribution in [3.05, 3.63) is 112 Å². The summed E-state index contributed by atoms with van der Waals surface area (Å²) in [6.07, 6.45) is 4.13. The number of carbonyl (C=O) groups is 1. The third kappa shape index (κ3) is 4.03. The van der Waals surface area contributed by atoms with E-state index in [1.165, 1.54) is 4.90 Å². The van der Waals surface area contributed by atoms with Gasteiger partial charge in [-0.15, -0.1) is 11.8 Å². The third-order valence-electron chi connectivity index (χ3n) is 6.17. The summed E-state index contributed by atoms with van der Waals surface area (Å²) < 4.78 is 2.19. The molecule has 1 N–H and O–H groups in total. The van der Waals surface area contributed by atoms with E-state index in [4.69, 9.17) is 11.6 Å². The van der Waals surface area contributed by atoms with Crippen LogP contribution in [-0.2, 0) is 6.54 Å². The number of thioether (sulfide) groups is 1. The van der Waals surface area contributed by atoms with Gasteiger partial charge in [0.2, 0.25) is 0 Å². The maximum Gasteiger partial charge on any atom is 0.322 e. The lowest BCUT2D eigenvalue weighted by Gasteiger charge is -2.31. The van der Waals surface area contributed by atoms with Gasteiger partial charge in [-0.2, -0.15) is 0 Å². The number of fused-ring (bicyclic) bond motifs is 3. The van der Waals surface area contributed by atoms with Crippen molar-refractivity contribution < 1.29 is 4.79 Å². The summed E-state index contributed by atoms with van der Waals surface area (Å²) in [5.74, 6) is 0. The second-order valence-electron chi connectivity index (χ2n) is 8.08. The van der Waals surface area contributed by atoms with Crippen LogP contribution in [0.25, 0.3) is 5.69 Å².